The van der Waals surface area contributed by atoms with E-state index in [2.05, 4.69) is 23.9 Å². The summed E-state index contributed by atoms with van der Waals surface area (Å²) in [4.78, 5) is 0.228. The van der Waals surface area contributed by atoms with Crippen molar-refractivity contribution in [2.75, 3.05) is 24.6 Å². The molecule has 0 spiro atoms. The van der Waals surface area contributed by atoms with Crippen LogP contribution in [0.4, 0.5) is 11.4 Å². The van der Waals surface area contributed by atoms with Crippen molar-refractivity contribution in [3.05, 3.63) is 18.2 Å². The van der Waals surface area contributed by atoms with E-state index in [1.807, 2.05) is 0 Å². The third kappa shape index (κ3) is 2.91. The topological polar surface area (TPSA) is 84.2 Å². The summed E-state index contributed by atoms with van der Waals surface area (Å²) in [6.07, 6.45) is 2.43. The molecule has 0 aromatic heterocycles. The lowest BCUT2D eigenvalue weighted by Crippen LogP contribution is -2.22. The summed E-state index contributed by atoms with van der Waals surface area (Å²) in [7, 11) is -2.04. The normalized spacial score (nSPS) is 17.2. The third-order valence-corrected chi connectivity index (χ3v) is 5.76. The van der Waals surface area contributed by atoms with Gasteiger partial charge in [-0.1, -0.05) is 13.8 Å². The average Bonchev–Trinajstić information content (AvgIpc) is 3.19. The number of benzene rings is 1. The molecule has 112 valence electrons. The number of nitrogens with one attached hydrogen (secondary N) is 2. The second-order valence-corrected chi connectivity index (χ2v) is 7.71. The van der Waals surface area contributed by atoms with Crippen LogP contribution in [-0.2, 0) is 10.0 Å². The Labute approximate surface area is 121 Å². The highest BCUT2D eigenvalue weighted by Gasteiger charge is 2.44. The van der Waals surface area contributed by atoms with Gasteiger partial charge in [0.2, 0.25) is 10.0 Å². The van der Waals surface area contributed by atoms with E-state index in [4.69, 9.17) is 5.73 Å². The monoisotopic (exact) mass is 297 g/mol. The molecule has 0 amide bonds. The molecule has 0 bridgehead atoms. The van der Waals surface area contributed by atoms with E-state index in [1.54, 1.807) is 12.1 Å². The van der Waals surface area contributed by atoms with Crippen LogP contribution in [-0.4, -0.2) is 22.0 Å². The van der Waals surface area contributed by atoms with Crippen LogP contribution in [0.15, 0.2) is 23.1 Å². The van der Waals surface area contributed by atoms with Gasteiger partial charge in [-0.3, -0.25) is 0 Å². The molecule has 0 radical (unpaired) electrons. The molecule has 0 unspecified atom stereocenters. The standard InChI is InChI=1S/C14H23N3O2S/c1-10(2)14(6-7-14)9-17-13-8-11(4-5-12(13)15)20(18,19)16-3/h4-5,8,10,16-17H,6-7,9,15H2,1-3H3. The van der Waals surface area contributed by atoms with Crippen molar-refractivity contribution >= 4 is 21.4 Å². The Morgan fingerprint density at radius 3 is 2.50 bits per heavy atom. The summed E-state index contributed by atoms with van der Waals surface area (Å²) >= 11 is 0. The molecule has 1 aliphatic carbocycles. The van der Waals surface area contributed by atoms with E-state index in [9.17, 15) is 8.42 Å². The summed E-state index contributed by atoms with van der Waals surface area (Å²) in [6.45, 7) is 5.28. The van der Waals surface area contributed by atoms with E-state index < -0.39 is 10.0 Å². The fraction of sp³-hybridized carbons (Fsp3) is 0.571. The zero-order valence-corrected chi connectivity index (χ0v) is 13.0. The van der Waals surface area contributed by atoms with Crippen LogP contribution >= 0.6 is 0 Å². The Hall–Kier alpha value is -1.27. The fourth-order valence-corrected chi connectivity index (χ4v) is 3.12. The second kappa shape index (κ2) is 5.26. The van der Waals surface area contributed by atoms with Crippen LogP contribution in [0.25, 0.3) is 0 Å². The Bertz CT molecular complexity index is 592. The number of nitrogen functional groups attached to an aromatic ring is 1. The molecule has 0 saturated heterocycles. The van der Waals surface area contributed by atoms with Crippen molar-refractivity contribution in [2.24, 2.45) is 11.3 Å². The molecule has 1 saturated carbocycles. The van der Waals surface area contributed by atoms with E-state index in [0.29, 0.717) is 22.7 Å². The second-order valence-electron chi connectivity index (χ2n) is 5.83. The first-order valence-corrected chi connectivity index (χ1v) is 8.36. The summed E-state index contributed by atoms with van der Waals surface area (Å²) in [5.41, 5.74) is 7.52. The van der Waals surface area contributed by atoms with Crippen molar-refractivity contribution in [1.82, 2.24) is 4.72 Å². The maximum atomic E-state index is 11.8. The lowest BCUT2D eigenvalue weighted by atomic mass is 9.92. The van der Waals surface area contributed by atoms with Gasteiger partial charge in [0, 0.05) is 6.54 Å². The highest BCUT2D eigenvalue weighted by atomic mass is 32.2. The summed E-state index contributed by atoms with van der Waals surface area (Å²) in [6, 6.07) is 4.74. The Kier molecular flexibility index (Phi) is 3.97. The van der Waals surface area contributed by atoms with Gasteiger partial charge < -0.3 is 11.1 Å². The predicted octanol–water partition coefficient (Wildman–Crippen LogP) is 2.02. The Morgan fingerprint density at radius 1 is 1.35 bits per heavy atom. The highest BCUT2D eigenvalue weighted by molar-refractivity contribution is 7.89. The number of nitrogens with two attached hydrogens (primary N) is 1. The van der Waals surface area contributed by atoms with Gasteiger partial charge in [0.1, 0.15) is 0 Å². The molecule has 1 aromatic rings. The Balaban J connectivity index is 2.18. The van der Waals surface area contributed by atoms with Crippen LogP contribution in [0.1, 0.15) is 26.7 Å². The van der Waals surface area contributed by atoms with Gasteiger partial charge in [-0.2, -0.15) is 0 Å². The van der Waals surface area contributed by atoms with Gasteiger partial charge in [-0.05, 0) is 49.4 Å². The first-order chi connectivity index (χ1) is 9.31. The summed E-state index contributed by atoms with van der Waals surface area (Å²) in [5.74, 6) is 0.612. The molecule has 0 aliphatic heterocycles. The smallest absolute Gasteiger partial charge is 0.240 e. The third-order valence-electron chi connectivity index (χ3n) is 4.35. The van der Waals surface area contributed by atoms with Crippen molar-refractivity contribution < 1.29 is 8.42 Å². The molecule has 0 heterocycles. The molecule has 4 N–H and O–H groups in total. The minimum atomic E-state index is -3.44. The van der Waals surface area contributed by atoms with E-state index in [0.717, 1.165) is 6.54 Å². The molecule has 20 heavy (non-hydrogen) atoms. The minimum Gasteiger partial charge on any atom is -0.397 e. The fourth-order valence-electron chi connectivity index (χ4n) is 2.36. The first-order valence-electron chi connectivity index (χ1n) is 6.88. The van der Waals surface area contributed by atoms with Gasteiger partial charge in [-0.15, -0.1) is 0 Å². The van der Waals surface area contributed by atoms with Crippen molar-refractivity contribution in [1.29, 1.82) is 0 Å². The van der Waals surface area contributed by atoms with Crippen LogP contribution in [0.2, 0.25) is 0 Å². The zero-order valence-electron chi connectivity index (χ0n) is 12.2. The van der Waals surface area contributed by atoms with Crippen LogP contribution in [0.5, 0.6) is 0 Å². The van der Waals surface area contributed by atoms with E-state index in [1.165, 1.54) is 26.0 Å². The Morgan fingerprint density at radius 2 is 2.00 bits per heavy atom. The largest absolute Gasteiger partial charge is 0.397 e. The van der Waals surface area contributed by atoms with Crippen LogP contribution < -0.4 is 15.8 Å². The molecule has 1 aromatic carbocycles. The summed E-state index contributed by atoms with van der Waals surface area (Å²) < 4.78 is 25.9. The van der Waals surface area contributed by atoms with Crippen molar-refractivity contribution in [2.45, 2.75) is 31.6 Å². The lowest BCUT2D eigenvalue weighted by Gasteiger charge is -2.21. The number of rotatable bonds is 6. The van der Waals surface area contributed by atoms with E-state index >= 15 is 0 Å². The van der Waals surface area contributed by atoms with Crippen LogP contribution in [0, 0.1) is 11.3 Å². The highest BCUT2D eigenvalue weighted by Crippen LogP contribution is 2.51. The molecule has 1 aliphatic rings. The number of sulfonamides is 1. The molecule has 1 fully saturated rings. The zero-order chi connectivity index (χ0) is 15.0. The maximum absolute atomic E-state index is 11.8. The molecular formula is C14H23N3O2S. The number of hydrogen-bond acceptors (Lipinski definition) is 4. The molecule has 0 atom stereocenters. The van der Waals surface area contributed by atoms with Gasteiger partial charge in [0.15, 0.2) is 0 Å². The van der Waals surface area contributed by atoms with Gasteiger partial charge in [-0.25, -0.2) is 13.1 Å². The first kappa shape index (κ1) is 15.1. The number of anilines is 2. The maximum Gasteiger partial charge on any atom is 0.240 e. The summed E-state index contributed by atoms with van der Waals surface area (Å²) in [5, 5.41) is 3.32. The number of hydrogen-bond donors (Lipinski definition) is 3. The molecule has 2 rings (SSSR count). The van der Waals surface area contributed by atoms with Gasteiger partial charge >= 0.3 is 0 Å². The minimum absolute atomic E-state index is 0.228. The SMILES string of the molecule is CNS(=O)(=O)c1ccc(N)c(NCC2(C(C)C)CC2)c1. The van der Waals surface area contributed by atoms with Gasteiger partial charge in [0.25, 0.3) is 0 Å². The molecular weight excluding hydrogens is 274 g/mol. The molecule has 5 nitrogen and oxygen atoms in total. The molecule has 6 heteroatoms. The predicted molar refractivity (Wildman–Crippen MR) is 82.1 cm³/mol. The lowest BCUT2D eigenvalue weighted by molar-refractivity contribution is 0.380. The average molecular weight is 297 g/mol. The van der Waals surface area contributed by atoms with Crippen LogP contribution in [0.3, 0.4) is 0 Å². The van der Waals surface area contributed by atoms with Crippen molar-refractivity contribution in [3.8, 4) is 0 Å². The quantitative estimate of drug-likeness (QED) is 0.701. The van der Waals surface area contributed by atoms with Gasteiger partial charge in [0.05, 0.1) is 16.3 Å². The van der Waals surface area contributed by atoms with E-state index in [-0.39, 0.29) is 4.90 Å². The van der Waals surface area contributed by atoms with Crippen molar-refractivity contribution in [3.63, 3.8) is 0 Å².